The van der Waals surface area contributed by atoms with E-state index in [0.717, 1.165) is 25.2 Å². The Balaban J connectivity index is 1.68. The van der Waals surface area contributed by atoms with Crippen LogP contribution in [0.15, 0.2) is 47.4 Å². The predicted octanol–water partition coefficient (Wildman–Crippen LogP) is 4.23. The summed E-state index contributed by atoms with van der Waals surface area (Å²) in [6.07, 6.45) is 5.56. The molecule has 1 fully saturated rings. The van der Waals surface area contributed by atoms with E-state index in [1.54, 1.807) is 18.4 Å². The minimum absolute atomic E-state index is 0.0364. The Kier molecular flexibility index (Phi) is 7.06. The molecule has 0 aromatic heterocycles. The van der Waals surface area contributed by atoms with Crippen molar-refractivity contribution >= 4 is 23.4 Å². The third kappa shape index (κ3) is 5.11. The van der Waals surface area contributed by atoms with E-state index in [2.05, 4.69) is 16.3 Å². The van der Waals surface area contributed by atoms with E-state index >= 15 is 0 Å². The van der Waals surface area contributed by atoms with E-state index in [4.69, 9.17) is 0 Å². The van der Waals surface area contributed by atoms with Crippen molar-refractivity contribution in [2.24, 2.45) is 0 Å². The van der Waals surface area contributed by atoms with Crippen molar-refractivity contribution in [3.8, 4) is 0 Å². The number of nitrogens with zero attached hydrogens (tertiary/aromatic N) is 2. The average Bonchev–Trinajstić information content (AvgIpc) is 2.73. The van der Waals surface area contributed by atoms with E-state index in [1.807, 2.05) is 18.2 Å². The largest absolute Gasteiger partial charge is 0.348 e. The fourth-order valence-corrected chi connectivity index (χ4v) is 4.04. The van der Waals surface area contributed by atoms with Gasteiger partial charge in [-0.05, 0) is 55.4 Å². The lowest BCUT2D eigenvalue weighted by Gasteiger charge is -2.27. The molecule has 0 aliphatic carbocycles. The van der Waals surface area contributed by atoms with Crippen LogP contribution in [0.1, 0.15) is 40.7 Å². The molecule has 0 spiro atoms. The maximum absolute atomic E-state index is 12.5. The Bertz CT molecular complexity index is 851. The van der Waals surface area contributed by atoms with Gasteiger partial charge in [0.25, 0.3) is 11.6 Å². The number of hydrogen-bond acceptors (Lipinski definition) is 5. The molecule has 148 valence electrons. The molecule has 6 nitrogen and oxygen atoms in total. The predicted molar refractivity (Wildman–Crippen MR) is 112 cm³/mol. The third-order valence-corrected chi connectivity index (χ3v) is 5.82. The van der Waals surface area contributed by atoms with Gasteiger partial charge in [0.15, 0.2) is 0 Å². The van der Waals surface area contributed by atoms with Crippen molar-refractivity contribution in [2.45, 2.75) is 37.2 Å². The van der Waals surface area contributed by atoms with Gasteiger partial charge in [0.05, 0.1) is 9.82 Å². The Morgan fingerprint density at radius 1 is 1.14 bits per heavy atom. The van der Waals surface area contributed by atoms with Crippen LogP contribution in [0.3, 0.4) is 0 Å². The Morgan fingerprint density at radius 3 is 2.54 bits per heavy atom. The van der Waals surface area contributed by atoms with Gasteiger partial charge < -0.3 is 5.32 Å². The maximum Gasteiger partial charge on any atom is 0.283 e. The number of nitro groups is 1. The molecule has 1 N–H and O–H groups in total. The van der Waals surface area contributed by atoms with Crippen molar-refractivity contribution in [3.05, 3.63) is 69.3 Å². The van der Waals surface area contributed by atoms with Gasteiger partial charge in [-0.25, -0.2) is 0 Å². The lowest BCUT2D eigenvalue weighted by molar-refractivity contribution is -0.387. The number of likely N-dealkylation sites (tertiary alicyclic amines) is 1. The van der Waals surface area contributed by atoms with Crippen molar-refractivity contribution in [1.82, 2.24) is 10.2 Å². The summed E-state index contributed by atoms with van der Waals surface area (Å²) in [5.74, 6) is -0.302. The van der Waals surface area contributed by atoms with Gasteiger partial charge >= 0.3 is 0 Å². The molecule has 7 heteroatoms. The van der Waals surface area contributed by atoms with Crippen LogP contribution in [0.5, 0.6) is 0 Å². The van der Waals surface area contributed by atoms with Crippen LogP contribution in [0.4, 0.5) is 5.69 Å². The Labute approximate surface area is 169 Å². The standard InChI is InChI=1S/C21H25N3O3S/c1-28-20-10-9-16(13-19(20)24(26)27)21(25)22-14-17-7-3-4-8-18(17)15-23-11-5-2-6-12-23/h3-4,7-10,13H,2,5-6,11-12,14-15H2,1H3,(H,22,25). The van der Waals surface area contributed by atoms with E-state index < -0.39 is 4.92 Å². The summed E-state index contributed by atoms with van der Waals surface area (Å²) in [6, 6.07) is 12.7. The van der Waals surface area contributed by atoms with Crippen molar-refractivity contribution in [1.29, 1.82) is 0 Å². The molecule has 0 saturated carbocycles. The van der Waals surface area contributed by atoms with Crippen LogP contribution in [0.2, 0.25) is 0 Å². The summed E-state index contributed by atoms with van der Waals surface area (Å²) in [7, 11) is 0. The highest BCUT2D eigenvalue weighted by molar-refractivity contribution is 7.98. The van der Waals surface area contributed by atoms with Crippen LogP contribution in [-0.4, -0.2) is 35.1 Å². The summed E-state index contributed by atoms with van der Waals surface area (Å²) in [5, 5.41) is 14.1. The topological polar surface area (TPSA) is 75.5 Å². The molecule has 28 heavy (non-hydrogen) atoms. The zero-order valence-electron chi connectivity index (χ0n) is 16.0. The number of nitrogens with one attached hydrogen (secondary N) is 1. The van der Waals surface area contributed by atoms with Crippen LogP contribution in [-0.2, 0) is 13.1 Å². The number of piperidine rings is 1. The molecular formula is C21H25N3O3S. The Hall–Kier alpha value is -2.38. The first-order valence-electron chi connectivity index (χ1n) is 9.48. The zero-order chi connectivity index (χ0) is 19.9. The molecule has 1 aliphatic rings. The SMILES string of the molecule is CSc1ccc(C(=O)NCc2ccccc2CN2CCCCC2)cc1[N+](=O)[O-]. The Morgan fingerprint density at radius 2 is 1.86 bits per heavy atom. The van der Waals surface area contributed by atoms with Gasteiger partial charge in [-0.2, -0.15) is 0 Å². The number of carbonyl (C=O) groups is 1. The van der Waals surface area contributed by atoms with Crippen molar-refractivity contribution in [2.75, 3.05) is 19.3 Å². The first-order valence-corrected chi connectivity index (χ1v) is 10.7. The number of benzene rings is 2. The highest BCUT2D eigenvalue weighted by Crippen LogP contribution is 2.28. The summed E-state index contributed by atoms with van der Waals surface area (Å²) in [5.41, 5.74) is 2.56. The fourth-order valence-electron chi connectivity index (χ4n) is 3.49. The van der Waals surface area contributed by atoms with E-state index in [0.29, 0.717) is 17.0 Å². The number of hydrogen-bond donors (Lipinski definition) is 1. The third-order valence-electron chi connectivity index (χ3n) is 5.04. The average molecular weight is 400 g/mol. The number of nitro benzene ring substituents is 1. The maximum atomic E-state index is 12.5. The van der Waals surface area contributed by atoms with Crippen LogP contribution in [0.25, 0.3) is 0 Å². The van der Waals surface area contributed by atoms with Gasteiger partial charge in [0, 0.05) is 24.7 Å². The molecular weight excluding hydrogens is 374 g/mol. The lowest BCUT2D eigenvalue weighted by atomic mass is 10.0. The lowest BCUT2D eigenvalue weighted by Crippen LogP contribution is -2.30. The molecule has 2 aromatic carbocycles. The molecule has 0 unspecified atom stereocenters. The molecule has 0 atom stereocenters. The minimum atomic E-state index is -0.448. The van der Waals surface area contributed by atoms with E-state index in [9.17, 15) is 14.9 Å². The van der Waals surface area contributed by atoms with Crippen molar-refractivity contribution < 1.29 is 9.72 Å². The number of amides is 1. The molecule has 1 amide bonds. The second-order valence-electron chi connectivity index (χ2n) is 6.93. The second-order valence-corrected chi connectivity index (χ2v) is 7.78. The van der Waals surface area contributed by atoms with Gasteiger partial charge in [-0.1, -0.05) is 30.7 Å². The number of carbonyl (C=O) groups excluding carboxylic acids is 1. The van der Waals surface area contributed by atoms with Gasteiger partial charge in [-0.15, -0.1) is 11.8 Å². The van der Waals surface area contributed by atoms with Crippen molar-refractivity contribution in [3.63, 3.8) is 0 Å². The summed E-state index contributed by atoms with van der Waals surface area (Å²) >= 11 is 1.29. The van der Waals surface area contributed by atoms with Crippen LogP contribution >= 0.6 is 11.8 Å². The summed E-state index contributed by atoms with van der Waals surface area (Å²) in [4.78, 5) is 26.3. The summed E-state index contributed by atoms with van der Waals surface area (Å²) < 4.78 is 0. The first kappa shape index (κ1) is 20.4. The molecule has 1 saturated heterocycles. The summed E-state index contributed by atoms with van der Waals surface area (Å²) in [6.45, 7) is 3.53. The quantitative estimate of drug-likeness (QED) is 0.428. The molecule has 0 bridgehead atoms. The first-order chi connectivity index (χ1) is 13.6. The van der Waals surface area contributed by atoms with Gasteiger partial charge in [-0.3, -0.25) is 19.8 Å². The minimum Gasteiger partial charge on any atom is -0.348 e. The van der Waals surface area contributed by atoms with Crippen LogP contribution in [0, 0.1) is 10.1 Å². The normalized spacial score (nSPS) is 14.6. The monoisotopic (exact) mass is 399 g/mol. The van der Waals surface area contributed by atoms with Crippen LogP contribution < -0.4 is 5.32 Å². The number of thioether (sulfide) groups is 1. The smallest absolute Gasteiger partial charge is 0.283 e. The van der Waals surface area contributed by atoms with E-state index in [1.165, 1.54) is 42.7 Å². The fraction of sp³-hybridized carbons (Fsp3) is 0.381. The number of rotatable bonds is 7. The molecule has 2 aromatic rings. The molecule has 3 rings (SSSR count). The highest BCUT2D eigenvalue weighted by Gasteiger charge is 2.17. The zero-order valence-corrected chi connectivity index (χ0v) is 16.8. The van der Waals surface area contributed by atoms with E-state index in [-0.39, 0.29) is 11.6 Å². The molecule has 1 aliphatic heterocycles. The molecule has 1 heterocycles. The highest BCUT2D eigenvalue weighted by atomic mass is 32.2. The van der Waals surface area contributed by atoms with Gasteiger partial charge in [0.2, 0.25) is 0 Å². The second kappa shape index (κ2) is 9.71. The van der Waals surface area contributed by atoms with Gasteiger partial charge in [0.1, 0.15) is 0 Å². The molecule has 0 radical (unpaired) electrons.